The Balaban J connectivity index is 1.88. The molecule has 0 amide bonds. The molecule has 0 aliphatic rings. The van der Waals surface area contributed by atoms with Gasteiger partial charge in [0.25, 0.3) is 0 Å². The van der Waals surface area contributed by atoms with Crippen molar-refractivity contribution in [2.24, 2.45) is 7.05 Å². The Morgan fingerprint density at radius 3 is 2.70 bits per heavy atom. The number of carbonyl (C=O) groups is 1. The third kappa shape index (κ3) is 3.67. The second-order valence-corrected chi connectivity index (χ2v) is 6.63. The maximum Gasteiger partial charge on any atom is 0.333 e. The van der Waals surface area contributed by atoms with Crippen molar-refractivity contribution in [3.8, 4) is 11.3 Å². The molecule has 3 aromatic rings. The van der Waals surface area contributed by atoms with Crippen LogP contribution in [0.2, 0.25) is 0 Å². The Kier molecular flexibility index (Phi) is 4.93. The van der Waals surface area contributed by atoms with Crippen molar-refractivity contribution in [2.45, 2.75) is 26.3 Å². The number of carbonyl (C=O) groups excluding carboxylic acids is 1. The molecule has 0 spiro atoms. The second-order valence-electron chi connectivity index (χ2n) is 6.63. The molecule has 3 rings (SSSR count). The van der Waals surface area contributed by atoms with Crippen molar-refractivity contribution >= 4 is 17.6 Å². The molecule has 0 radical (unpaired) electrons. The SMILES string of the molecule is CCOC(=O)C(C)(C)n1cc(-c2ccnc(N(C)c3cnn(C)c3)n2)cn1. The lowest BCUT2D eigenvalue weighted by molar-refractivity contribution is -0.152. The summed E-state index contributed by atoms with van der Waals surface area (Å²) < 4.78 is 8.45. The van der Waals surface area contributed by atoms with Crippen LogP contribution in [0.5, 0.6) is 0 Å². The van der Waals surface area contributed by atoms with E-state index >= 15 is 0 Å². The number of esters is 1. The zero-order chi connectivity index (χ0) is 19.6. The summed E-state index contributed by atoms with van der Waals surface area (Å²) in [7, 11) is 3.73. The van der Waals surface area contributed by atoms with Crippen molar-refractivity contribution in [3.63, 3.8) is 0 Å². The van der Waals surface area contributed by atoms with Gasteiger partial charge in [-0.25, -0.2) is 14.8 Å². The predicted molar refractivity (Wildman–Crippen MR) is 100 cm³/mol. The molecule has 3 aromatic heterocycles. The third-order valence-corrected chi connectivity index (χ3v) is 4.25. The zero-order valence-corrected chi connectivity index (χ0v) is 16.1. The van der Waals surface area contributed by atoms with E-state index in [0.717, 1.165) is 11.3 Å². The average molecular weight is 369 g/mol. The van der Waals surface area contributed by atoms with Gasteiger partial charge < -0.3 is 9.64 Å². The highest BCUT2D eigenvalue weighted by molar-refractivity contribution is 5.78. The molecule has 0 saturated carbocycles. The van der Waals surface area contributed by atoms with E-state index in [2.05, 4.69) is 20.2 Å². The lowest BCUT2D eigenvalue weighted by Crippen LogP contribution is -2.37. The maximum atomic E-state index is 12.2. The van der Waals surface area contributed by atoms with Gasteiger partial charge >= 0.3 is 5.97 Å². The first-order valence-corrected chi connectivity index (χ1v) is 8.61. The summed E-state index contributed by atoms with van der Waals surface area (Å²) in [6.45, 7) is 5.64. The first kappa shape index (κ1) is 18.6. The van der Waals surface area contributed by atoms with Crippen LogP contribution in [0.15, 0.2) is 37.1 Å². The summed E-state index contributed by atoms with van der Waals surface area (Å²) >= 11 is 0. The lowest BCUT2D eigenvalue weighted by atomic mass is 10.1. The van der Waals surface area contributed by atoms with Crippen molar-refractivity contribution in [2.75, 3.05) is 18.6 Å². The largest absolute Gasteiger partial charge is 0.464 e. The Bertz CT molecular complexity index is 945. The van der Waals surface area contributed by atoms with Crippen LogP contribution in [0.1, 0.15) is 20.8 Å². The Labute approximate surface area is 157 Å². The van der Waals surface area contributed by atoms with Gasteiger partial charge in [0.15, 0.2) is 5.54 Å². The van der Waals surface area contributed by atoms with E-state index in [4.69, 9.17) is 4.74 Å². The highest BCUT2D eigenvalue weighted by Gasteiger charge is 2.32. The number of aryl methyl sites for hydroxylation is 1. The molecule has 0 aliphatic carbocycles. The number of ether oxygens (including phenoxy) is 1. The molecule has 9 nitrogen and oxygen atoms in total. The van der Waals surface area contributed by atoms with Gasteiger partial charge in [-0.2, -0.15) is 10.2 Å². The number of aromatic nitrogens is 6. The van der Waals surface area contributed by atoms with E-state index in [0.29, 0.717) is 18.2 Å². The van der Waals surface area contributed by atoms with Gasteiger partial charge in [-0.15, -0.1) is 0 Å². The molecule has 0 aromatic carbocycles. The summed E-state index contributed by atoms with van der Waals surface area (Å²) in [6, 6.07) is 1.80. The van der Waals surface area contributed by atoms with Crippen LogP contribution in [-0.4, -0.2) is 49.2 Å². The molecule has 0 atom stereocenters. The molecule has 0 saturated heterocycles. The van der Waals surface area contributed by atoms with Crippen LogP contribution >= 0.6 is 0 Å². The average Bonchev–Trinajstić information content (AvgIpc) is 3.31. The fourth-order valence-electron chi connectivity index (χ4n) is 2.53. The van der Waals surface area contributed by atoms with Gasteiger partial charge in [0.2, 0.25) is 5.95 Å². The van der Waals surface area contributed by atoms with Crippen molar-refractivity contribution in [3.05, 3.63) is 37.1 Å². The third-order valence-electron chi connectivity index (χ3n) is 4.25. The molecule has 3 heterocycles. The summed E-state index contributed by atoms with van der Waals surface area (Å²) in [5.74, 6) is 0.206. The summed E-state index contributed by atoms with van der Waals surface area (Å²) in [5.41, 5.74) is 1.47. The number of nitrogens with zero attached hydrogens (tertiary/aromatic N) is 7. The highest BCUT2D eigenvalue weighted by Crippen LogP contribution is 2.25. The number of hydrogen-bond acceptors (Lipinski definition) is 7. The molecule has 9 heteroatoms. The Morgan fingerprint density at radius 2 is 2.04 bits per heavy atom. The quantitative estimate of drug-likeness (QED) is 0.615. The van der Waals surface area contributed by atoms with Crippen LogP contribution in [0.3, 0.4) is 0 Å². The van der Waals surface area contributed by atoms with Gasteiger partial charge in [-0.1, -0.05) is 0 Å². The van der Waals surface area contributed by atoms with Crippen LogP contribution in [0, 0.1) is 0 Å². The fraction of sp³-hybridized carbons (Fsp3) is 0.389. The molecule has 142 valence electrons. The second kappa shape index (κ2) is 7.18. The molecule has 0 bridgehead atoms. The molecular weight excluding hydrogens is 346 g/mol. The molecule has 0 unspecified atom stereocenters. The van der Waals surface area contributed by atoms with E-state index in [9.17, 15) is 4.79 Å². The molecule has 0 N–H and O–H groups in total. The Morgan fingerprint density at radius 1 is 1.26 bits per heavy atom. The van der Waals surface area contributed by atoms with Crippen molar-refractivity contribution in [1.29, 1.82) is 0 Å². The highest BCUT2D eigenvalue weighted by atomic mass is 16.5. The minimum Gasteiger partial charge on any atom is -0.464 e. The van der Waals surface area contributed by atoms with Crippen molar-refractivity contribution in [1.82, 2.24) is 29.5 Å². The lowest BCUT2D eigenvalue weighted by Gasteiger charge is -2.22. The van der Waals surface area contributed by atoms with Gasteiger partial charge in [0, 0.05) is 38.2 Å². The molecule has 0 fully saturated rings. The number of hydrogen-bond donors (Lipinski definition) is 0. The predicted octanol–water partition coefficient (Wildman–Crippen LogP) is 2.14. The first-order chi connectivity index (χ1) is 12.8. The summed E-state index contributed by atoms with van der Waals surface area (Å²) in [5, 5.41) is 8.50. The standard InChI is InChI=1S/C18H23N7O2/c1-6-27-16(26)18(2,3)25-11-13(9-21-25)15-7-8-19-17(22-15)24(5)14-10-20-23(4)12-14/h7-12H,6H2,1-5H3. The van der Waals surface area contributed by atoms with Crippen LogP contribution in [0.25, 0.3) is 11.3 Å². The summed E-state index contributed by atoms with van der Waals surface area (Å²) in [4.78, 5) is 23.0. The molecule has 27 heavy (non-hydrogen) atoms. The van der Waals surface area contributed by atoms with Gasteiger partial charge in [0.1, 0.15) is 0 Å². The van der Waals surface area contributed by atoms with Gasteiger partial charge in [0.05, 0.1) is 30.4 Å². The van der Waals surface area contributed by atoms with E-state index in [1.54, 1.807) is 61.0 Å². The van der Waals surface area contributed by atoms with E-state index < -0.39 is 5.54 Å². The van der Waals surface area contributed by atoms with Crippen LogP contribution in [-0.2, 0) is 22.1 Å². The van der Waals surface area contributed by atoms with E-state index in [-0.39, 0.29) is 5.97 Å². The Hall–Kier alpha value is -3.23. The monoisotopic (exact) mass is 369 g/mol. The topological polar surface area (TPSA) is 91.0 Å². The normalized spacial score (nSPS) is 11.4. The minimum atomic E-state index is -0.906. The van der Waals surface area contributed by atoms with Crippen LogP contribution < -0.4 is 4.90 Å². The van der Waals surface area contributed by atoms with Gasteiger partial charge in [-0.05, 0) is 26.8 Å². The first-order valence-electron chi connectivity index (χ1n) is 8.61. The fourth-order valence-corrected chi connectivity index (χ4v) is 2.53. The van der Waals surface area contributed by atoms with Crippen molar-refractivity contribution < 1.29 is 9.53 Å². The maximum absolute atomic E-state index is 12.2. The van der Waals surface area contributed by atoms with E-state index in [1.165, 1.54) is 0 Å². The number of rotatable bonds is 6. The minimum absolute atomic E-state index is 0.326. The van der Waals surface area contributed by atoms with Gasteiger partial charge in [-0.3, -0.25) is 9.36 Å². The number of anilines is 2. The smallest absolute Gasteiger partial charge is 0.333 e. The summed E-state index contributed by atoms with van der Waals surface area (Å²) in [6.07, 6.45) is 8.79. The van der Waals surface area contributed by atoms with Crippen LogP contribution in [0.4, 0.5) is 11.6 Å². The molecule has 0 aliphatic heterocycles. The van der Waals surface area contributed by atoms with E-state index in [1.807, 2.05) is 25.2 Å². The molecular formula is C18H23N7O2. The zero-order valence-electron chi connectivity index (χ0n) is 16.1.